The molecule has 12 aliphatic carbocycles. The number of fused-ring (bicyclic) bond motifs is 10. The minimum absolute atomic E-state index is 0.00434. The molecule has 18 heteroatoms. The summed E-state index contributed by atoms with van der Waals surface area (Å²) in [6.07, 6.45) is 12.6. The van der Waals surface area contributed by atoms with Crippen LogP contribution in [0.3, 0.4) is 0 Å². The van der Waals surface area contributed by atoms with Crippen LogP contribution >= 0.6 is 0 Å². The lowest BCUT2D eigenvalue weighted by atomic mass is 9.38. The molecule has 504 valence electrons. The van der Waals surface area contributed by atoms with Crippen molar-refractivity contribution in [3.05, 3.63) is 151 Å². The highest BCUT2D eigenvalue weighted by Gasteiger charge is 2.78. The van der Waals surface area contributed by atoms with Crippen LogP contribution in [-0.4, -0.2) is 123 Å². The molecule has 1 saturated heterocycles. The summed E-state index contributed by atoms with van der Waals surface area (Å²) in [5.41, 5.74) is 12.0. The third kappa shape index (κ3) is 7.02. The molecule has 3 aromatic heterocycles. The molecular weight excluding hydrogens is 1230 g/mol. The Labute approximate surface area is 567 Å². The fraction of sp³-hybridized carbons (Fsp3) is 0.537. The quantitative estimate of drug-likeness (QED) is 0.0720. The van der Waals surface area contributed by atoms with E-state index in [9.17, 15) is 35.4 Å². The van der Waals surface area contributed by atoms with Gasteiger partial charge in [-0.25, -0.2) is 9.97 Å². The number of phenolic OH excluding ortho intramolecular Hbond substituents is 1. The Balaban J connectivity index is 0.846. The molecule has 18 nitrogen and oxygen atoms in total. The lowest BCUT2D eigenvalue weighted by Gasteiger charge is -2.65. The number of nitrogens with two attached hydrogens (primary N) is 1. The molecule has 0 amide bonds. The van der Waals surface area contributed by atoms with Crippen molar-refractivity contribution in [1.29, 1.82) is 0 Å². The zero-order valence-corrected chi connectivity index (χ0v) is 55.2. The number of hydrogen-bond donors (Lipinski definition) is 11. The third-order valence-electron chi connectivity index (χ3n) is 29.5. The number of aliphatic hydroxyl groups is 5. The van der Waals surface area contributed by atoms with Gasteiger partial charge in [0.1, 0.15) is 35.3 Å². The molecule has 5 saturated carbocycles. The van der Waals surface area contributed by atoms with E-state index in [0.717, 1.165) is 117 Å². The molecule has 17 atom stereocenters. The van der Waals surface area contributed by atoms with Crippen LogP contribution in [-0.2, 0) is 39.6 Å². The molecule has 5 aliphatic heterocycles. The number of hydrogen-bond acceptors (Lipinski definition) is 16. The van der Waals surface area contributed by atoms with E-state index >= 15 is 9.59 Å². The van der Waals surface area contributed by atoms with Crippen LogP contribution in [0.15, 0.2) is 72.2 Å². The summed E-state index contributed by atoms with van der Waals surface area (Å²) in [6.45, 7) is 2.49. The van der Waals surface area contributed by atoms with Crippen molar-refractivity contribution < 1.29 is 54.5 Å². The van der Waals surface area contributed by atoms with Gasteiger partial charge in [-0.1, -0.05) is 49.0 Å². The van der Waals surface area contributed by atoms with E-state index in [0.29, 0.717) is 110 Å². The first kappa shape index (κ1) is 59.5. The number of nitrogens with one attached hydrogen (secondary N) is 4. The van der Waals surface area contributed by atoms with Crippen molar-refractivity contribution in [2.75, 3.05) is 18.4 Å². The van der Waals surface area contributed by atoms with Crippen LogP contribution < -0.4 is 21.1 Å². The first-order valence-electron chi connectivity index (χ1n) is 36.6. The van der Waals surface area contributed by atoms with Crippen LogP contribution in [0, 0.1) is 58.2 Å². The van der Waals surface area contributed by atoms with E-state index in [-0.39, 0.29) is 69.7 Å². The number of carbonyl (C=O) groups is 3. The van der Waals surface area contributed by atoms with Gasteiger partial charge in [0.15, 0.2) is 17.5 Å². The average molecular weight is 1320 g/mol. The van der Waals surface area contributed by atoms with E-state index in [1.54, 1.807) is 37.4 Å². The van der Waals surface area contributed by atoms with Crippen LogP contribution in [0.2, 0.25) is 0 Å². The van der Waals surface area contributed by atoms with Gasteiger partial charge in [0, 0.05) is 100 Å². The number of H-pyrrole nitrogens is 2. The Morgan fingerprint density at radius 3 is 2.57 bits per heavy atom. The van der Waals surface area contributed by atoms with Crippen molar-refractivity contribution in [3.8, 4) is 23.3 Å². The highest BCUT2D eigenvalue weighted by Crippen LogP contribution is 2.78. The fourth-order valence-electron chi connectivity index (χ4n) is 25.7. The standard InChI is InChI=1S/C80H83N7O11/c1-38-26-49-55(52(89)27-38)63(92)58-53-31-48-46(56(58)62(49)91)14-25-83-71(48)84-35-54(90)77-21-10-40-6-4-17-75-18-5-7-42-32-76(20-11-44(88)30-43(76)29-39-8-9-45-41(28-39)13-24-82-70(45)81)66-67(86-37-85-66)79(42,75)65-47(12-19-75)57(59(40)77)61(87-65)50-33-78(97-53)68(94)64(93)69(95)80(98-78)60(50)51(77)34-74(72(80)96)23-22-73(36-74)15-2-3-16-73/h8-9,14,25-28,31,33,37,40,42-43,54,59,64,68-70,72,82,87,89-90,93-96H,2-3,5,7,10-13,15-24,29-30,32,34-36,81H2,1H3,(H,83,84)(H,85,86)/t40-,42-,43+,54-,59+,64-,68-,69+,70-,72+,74-,75-,76+,77+,78-,79+,80+/m1/s1. The first-order chi connectivity index (χ1) is 47.3. The minimum atomic E-state index is -2.54. The lowest BCUT2D eigenvalue weighted by Crippen LogP contribution is -2.79. The van der Waals surface area contributed by atoms with E-state index in [1.807, 2.05) is 6.33 Å². The highest BCUT2D eigenvalue weighted by atomic mass is 16.7. The Bertz CT molecular complexity index is 4800. The molecule has 12 bridgehead atoms. The van der Waals surface area contributed by atoms with Gasteiger partial charge in [-0.3, -0.25) is 19.7 Å². The minimum Gasteiger partial charge on any atom is -0.507 e. The van der Waals surface area contributed by atoms with Gasteiger partial charge in [0.25, 0.3) is 5.79 Å². The van der Waals surface area contributed by atoms with Crippen LogP contribution in [0.5, 0.6) is 11.5 Å². The van der Waals surface area contributed by atoms with Crippen molar-refractivity contribution in [2.24, 2.45) is 45.1 Å². The number of carbonyl (C=O) groups excluding carboxylic acids is 3. The number of aliphatic hydroxyl groups excluding tert-OH is 5. The first-order valence-corrected chi connectivity index (χ1v) is 36.6. The maximum atomic E-state index is 15.7. The predicted octanol–water partition coefficient (Wildman–Crippen LogP) is 8.95. The second kappa shape index (κ2) is 19.6. The molecule has 8 spiro atoms. The molecule has 0 radical (unpaired) electrons. The summed E-state index contributed by atoms with van der Waals surface area (Å²) in [6, 6.07) is 13.0. The van der Waals surface area contributed by atoms with Crippen molar-refractivity contribution in [3.63, 3.8) is 0 Å². The van der Waals surface area contributed by atoms with E-state index in [2.05, 4.69) is 50.6 Å². The number of Topliss-reactive ketones (excluding diaryl/α,β-unsaturated/α-hetero) is 1. The van der Waals surface area contributed by atoms with Crippen molar-refractivity contribution >= 4 is 39.5 Å². The van der Waals surface area contributed by atoms with E-state index in [1.165, 1.54) is 17.2 Å². The van der Waals surface area contributed by atoms with E-state index < -0.39 is 92.2 Å². The van der Waals surface area contributed by atoms with Gasteiger partial charge in [-0.05, 0) is 207 Å². The predicted molar refractivity (Wildman–Crippen MR) is 360 cm³/mol. The molecule has 6 aromatic rings. The second-order valence-corrected chi connectivity index (χ2v) is 33.4. The van der Waals surface area contributed by atoms with Crippen LogP contribution in [0.4, 0.5) is 5.82 Å². The van der Waals surface area contributed by atoms with Crippen molar-refractivity contribution in [2.45, 2.75) is 213 Å². The zero-order chi connectivity index (χ0) is 66.3. The topological polar surface area (TPSA) is 298 Å². The highest BCUT2D eigenvalue weighted by molar-refractivity contribution is 6.34. The number of ketones is 3. The monoisotopic (exact) mass is 1320 g/mol. The largest absolute Gasteiger partial charge is 0.507 e. The Kier molecular flexibility index (Phi) is 11.9. The number of pyridine rings is 1. The Morgan fingerprint density at radius 2 is 1.70 bits per heavy atom. The fourth-order valence-corrected chi connectivity index (χ4v) is 25.7. The number of rotatable bonds is 2. The molecule has 0 unspecified atom stereocenters. The number of aromatic hydroxyl groups is 1. The summed E-state index contributed by atoms with van der Waals surface area (Å²) in [5, 5.41) is 89.0. The maximum absolute atomic E-state index is 15.7. The molecule has 6 fully saturated rings. The van der Waals surface area contributed by atoms with Gasteiger partial charge < -0.3 is 61.1 Å². The second-order valence-electron chi connectivity index (χ2n) is 33.4. The molecule has 12 N–H and O–H groups in total. The summed E-state index contributed by atoms with van der Waals surface area (Å²) in [5.74, 6) is 3.46. The van der Waals surface area contributed by atoms with Gasteiger partial charge in [0.2, 0.25) is 5.78 Å². The number of aromatic amines is 2. The Hall–Kier alpha value is -7.31. The zero-order valence-electron chi connectivity index (χ0n) is 55.2. The van der Waals surface area contributed by atoms with Gasteiger partial charge >= 0.3 is 0 Å². The number of imidazole rings is 1. The normalized spacial score (nSPS) is 39.7. The number of nitrogens with zero attached hydrogens (tertiary/aromatic N) is 2. The Morgan fingerprint density at radius 1 is 0.837 bits per heavy atom. The average Bonchev–Trinajstić information content (AvgIpc) is 1.40. The number of anilines is 1. The van der Waals surface area contributed by atoms with Crippen molar-refractivity contribution in [1.82, 2.24) is 25.3 Å². The maximum Gasteiger partial charge on any atom is 0.261 e. The van der Waals surface area contributed by atoms with Crippen LogP contribution in [0.1, 0.15) is 222 Å². The molecule has 17 aliphatic rings. The number of benzene rings is 3. The SMILES string of the molecule is Cc1cc(O)c2c(c1)C(=O)c1c(c3cc4c(nccc14)NC[C@@H](O)[C@@]14CC[C@H]5C#CC[C@]67CCC[C@@H]8C[C@]9(CCC(=O)C[C@@H]9Cc9ccc%10c(c9)CCN[C@H]%10N)c9nc[nH]c9[C@@]86c6[nH]c(c(c6CC7)[C@H]51)C1=C[C@@]5(O3)O[C@@]3(C1=C4C[C@@]1(CCC4(CCCC4)C1)[C@@H]3O)[C@@H](O)[C@H](O)[C@H]5O)C2=O. The number of aromatic nitrogens is 4. The summed E-state index contributed by atoms with van der Waals surface area (Å²) < 4.78 is 15.3. The molecule has 8 heterocycles. The smallest absolute Gasteiger partial charge is 0.261 e. The van der Waals surface area contributed by atoms with E-state index in [4.69, 9.17) is 25.2 Å². The summed E-state index contributed by atoms with van der Waals surface area (Å²) in [7, 11) is 0. The molecule has 23 rings (SSSR count). The van der Waals surface area contributed by atoms with Gasteiger partial charge in [-0.15, -0.1) is 5.92 Å². The lowest BCUT2D eigenvalue weighted by molar-refractivity contribution is -0.366. The molecular formula is C80H83N7O11. The third-order valence-corrected chi connectivity index (χ3v) is 29.5. The molecule has 98 heavy (non-hydrogen) atoms. The van der Waals surface area contributed by atoms with Gasteiger partial charge in [0.05, 0.1) is 52.6 Å². The molecule has 3 aromatic carbocycles. The number of aryl methyl sites for hydroxylation is 1. The summed E-state index contributed by atoms with van der Waals surface area (Å²) in [4.78, 5) is 64.2. The number of ether oxygens (including phenoxy) is 2. The number of phenols is 1. The van der Waals surface area contributed by atoms with Crippen LogP contribution in [0.25, 0.3) is 16.3 Å². The van der Waals surface area contributed by atoms with Gasteiger partial charge in [-0.2, -0.15) is 0 Å². The summed E-state index contributed by atoms with van der Waals surface area (Å²) >= 11 is 0.